The van der Waals surface area contributed by atoms with Crippen LogP contribution in [0.5, 0.6) is 0 Å². The highest BCUT2D eigenvalue weighted by Crippen LogP contribution is 2.19. The molecule has 1 aliphatic carbocycles. The molecule has 1 saturated carbocycles. The van der Waals surface area contributed by atoms with Crippen LogP contribution in [0.3, 0.4) is 0 Å². The molecule has 0 aliphatic heterocycles. The monoisotopic (exact) mass is 378 g/mol. The zero-order chi connectivity index (χ0) is 17.7. The fourth-order valence-corrected chi connectivity index (χ4v) is 5.28. The highest BCUT2D eigenvalue weighted by molar-refractivity contribution is 7.91. The van der Waals surface area contributed by atoms with Gasteiger partial charge in [0, 0.05) is 6.04 Å². The molecule has 1 aromatic carbocycles. The van der Waals surface area contributed by atoms with Gasteiger partial charge >= 0.3 is 0 Å². The van der Waals surface area contributed by atoms with Crippen molar-refractivity contribution in [2.75, 3.05) is 0 Å². The Labute approximate surface area is 152 Å². The molecule has 5 nitrogen and oxygen atoms in total. The van der Waals surface area contributed by atoms with E-state index in [1.54, 1.807) is 17.5 Å². The van der Waals surface area contributed by atoms with E-state index >= 15 is 0 Å². The molecule has 0 bridgehead atoms. The molecule has 2 N–H and O–H groups in total. The molecule has 1 aliphatic rings. The topological polar surface area (TPSA) is 75.3 Å². The average Bonchev–Trinajstić information content (AvgIpc) is 3.29. The Kier molecular flexibility index (Phi) is 5.88. The second-order valence-electron chi connectivity index (χ2n) is 6.29. The third kappa shape index (κ3) is 4.90. The van der Waals surface area contributed by atoms with Gasteiger partial charge in [-0.3, -0.25) is 4.79 Å². The first-order valence-electron chi connectivity index (χ1n) is 8.45. The Morgan fingerprint density at radius 1 is 1.12 bits per heavy atom. The Hall–Kier alpha value is -1.70. The van der Waals surface area contributed by atoms with Crippen LogP contribution in [0.15, 0.2) is 52.1 Å². The molecule has 1 fully saturated rings. The van der Waals surface area contributed by atoms with Crippen molar-refractivity contribution in [2.45, 2.75) is 48.4 Å². The summed E-state index contributed by atoms with van der Waals surface area (Å²) < 4.78 is 27.9. The van der Waals surface area contributed by atoms with Crippen LogP contribution in [0.25, 0.3) is 0 Å². The minimum atomic E-state index is -3.71. The molecule has 2 aromatic rings. The van der Waals surface area contributed by atoms with E-state index < -0.39 is 16.1 Å². The molecule has 0 saturated heterocycles. The summed E-state index contributed by atoms with van der Waals surface area (Å²) in [5.41, 5.74) is 0.919. The zero-order valence-corrected chi connectivity index (χ0v) is 15.5. The van der Waals surface area contributed by atoms with Crippen LogP contribution in [0.4, 0.5) is 0 Å². The normalized spacial score (nSPS) is 16.6. The van der Waals surface area contributed by atoms with Crippen molar-refractivity contribution in [1.29, 1.82) is 0 Å². The summed E-state index contributed by atoms with van der Waals surface area (Å²) in [6.07, 6.45) is 4.46. The highest BCUT2D eigenvalue weighted by atomic mass is 32.2. The second-order valence-corrected chi connectivity index (χ2v) is 9.17. The Morgan fingerprint density at radius 2 is 1.84 bits per heavy atom. The van der Waals surface area contributed by atoms with Gasteiger partial charge in [-0.2, -0.15) is 4.72 Å². The number of sulfonamides is 1. The van der Waals surface area contributed by atoms with Gasteiger partial charge in [0.05, 0.1) is 0 Å². The van der Waals surface area contributed by atoms with Gasteiger partial charge in [-0.15, -0.1) is 11.3 Å². The van der Waals surface area contributed by atoms with Gasteiger partial charge in [-0.05, 0) is 36.3 Å². The first kappa shape index (κ1) is 18.1. The molecule has 0 radical (unpaired) electrons. The average molecular weight is 379 g/mol. The molecule has 0 unspecified atom stereocenters. The van der Waals surface area contributed by atoms with Crippen molar-refractivity contribution in [3.05, 3.63) is 53.4 Å². The maximum absolute atomic E-state index is 12.7. The number of thiophene rings is 1. The Bertz CT molecular complexity index is 783. The summed E-state index contributed by atoms with van der Waals surface area (Å²) in [6.45, 7) is 0. The molecule has 1 heterocycles. The Morgan fingerprint density at radius 3 is 2.48 bits per heavy atom. The molecular formula is C18H22N2O3S2. The van der Waals surface area contributed by atoms with Gasteiger partial charge < -0.3 is 5.32 Å². The SMILES string of the molecule is O=C(NC1CCCC1)[C@H](Cc1ccccc1)NS(=O)(=O)c1cccs1. The van der Waals surface area contributed by atoms with Crippen LogP contribution in [-0.2, 0) is 21.2 Å². The number of hydrogen-bond acceptors (Lipinski definition) is 4. The number of amides is 1. The van der Waals surface area contributed by atoms with E-state index in [1.165, 1.54) is 0 Å². The molecule has 25 heavy (non-hydrogen) atoms. The van der Waals surface area contributed by atoms with E-state index in [0.717, 1.165) is 42.6 Å². The van der Waals surface area contributed by atoms with E-state index in [9.17, 15) is 13.2 Å². The number of rotatable bonds is 7. The lowest BCUT2D eigenvalue weighted by Crippen LogP contribution is -2.50. The van der Waals surface area contributed by atoms with E-state index in [1.807, 2.05) is 30.3 Å². The molecule has 1 atom stereocenters. The molecule has 1 aromatic heterocycles. The van der Waals surface area contributed by atoms with Gasteiger partial charge in [-0.25, -0.2) is 8.42 Å². The second kappa shape index (κ2) is 8.12. The Balaban J connectivity index is 1.77. The van der Waals surface area contributed by atoms with E-state index in [-0.39, 0.29) is 16.2 Å². The van der Waals surface area contributed by atoms with Gasteiger partial charge in [0.15, 0.2) is 0 Å². The van der Waals surface area contributed by atoms with Crippen molar-refractivity contribution >= 4 is 27.3 Å². The number of carbonyl (C=O) groups excluding carboxylic acids is 1. The molecule has 134 valence electrons. The van der Waals surface area contributed by atoms with Crippen molar-refractivity contribution in [2.24, 2.45) is 0 Å². The summed E-state index contributed by atoms with van der Waals surface area (Å²) >= 11 is 1.14. The summed E-state index contributed by atoms with van der Waals surface area (Å²) in [5, 5.41) is 4.71. The fraction of sp³-hybridized carbons (Fsp3) is 0.389. The van der Waals surface area contributed by atoms with Crippen LogP contribution in [0, 0.1) is 0 Å². The van der Waals surface area contributed by atoms with Gasteiger partial charge in [0.25, 0.3) is 10.0 Å². The van der Waals surface area contributed by atoms with E-state index in [0.29, 0.717) is 6.42 Å². The first-order chi connectivity index (χ1) is 12.0. The summed E-state index contributed by atoms with van der Waals surface area (Å²) in [7, 11) is -3.71. The summed E-state index contributed by atoms with van der Waals surface area (Å²) in [6, 6.07) is 12.0. The zero-order valence-electron chi connectivity index (χ0n) is 13.9. The number of hydrogen-bond donors (Lipinski definition) is 2. The maximum Gasteiger partial charge on any atom is 0.250 e. The first-order valence-corrected chi connectivity index (χ1v) is 10.8. The standard InChI is InChI=1S/C18H22N2O3S2/c21-18(19-15-9-4-5-10-15)16(13-14-7-2-1-3-8-14)20-25(22,23)17-11-6-12-24-17/h1-3,6-8,11-12,15-16,20H,4-5,9-10,13H2,(H,19,21)/t16-/m0/s1. The highest BCUT2D eigenvalue weighted by Gasteiger charge is 2.28. The van der Waals surface area contributed by atoms with Crippen molar-refractivity contribution in [1.82, 2.24) is 10.0 Å². The van der Waals surface area contributed by atoms with E-state index in [4.69, 9.17) is 0 Å². The van der Waals surface area contributed by atoms with Gasteiger partial charge in [-0.1, -0.05) is 49.2 Å². The molecule has 3 rings (SSSR count). The predicted octanol–water partition coefficient (Wildman–Crippen LogP) is 2.70. The van der Waals surface area contributed by atoms with Crippen molar-refractivity contribution in [3.63, 3.8) is 0 Å². The number of nitrogens with one attached hydrogen (secondary N) is 2. The number of carbonyl (C=O) groups is 1. The summed E-state index contributed by atoms with van der Waals surface area (Å²) in [4.78, 5) is 12.7. The molecule has 7 heteroatoms. The van der Waals surface area contributed by atoms with Crippen LogP contribution >= 0.6 is 11.3 Å². The number of benzene rings is 1. The van der Waals surface area contributed by atoms with E-state index in [2.05, 4.69) is 10.0 Å². The van der Waals surface area contributed by atoms with Crippen LogP contribution in [0.1, 0.15) is 31.2 Å². The fourth-order valence-electron chi connectivity index (χ4n) is 3.07. The van der Waals surface area contributed by atoms with Crippen LogP contribution < -0.4 is 10.0 Å². The maximum atomic E-state index is 12.7. The lowest BCUT2D eigenvalue weighted by atomic mass is 10.1. The molecular weight excluding hydrogens is 356 g/mol. The van der Waals surface area contributed by atoms with Crippen LogP contribution in [-0.4, -0.2) is 26.4 Å². The smallest absolute Gasteiger partial charge is 0.250 e. The van der Waals surface area contributed by atoms with Crippen molar-refractivity contribution in [3.8, 4) is 0 Å². The predicted molar refractivity (Wildman–Crippen MR) is 99.0 cm³/mol. The third-order valence-electron chi connectivity index (χ3n) is 4.36. The van der Waals surface area contributed by atoms with Gasteiger partial charge in [0.2, 0.25) is 5.91 Å². The molecule has 1 amide bonds. The van der Waals surface area contributed by atoms with Gasteiger partial charge in [0.1, 0.15) is 10.3 Å². The van der Waals surface area contributed by atoms with Crippen LogP contribution in [0.2, 0.25) is 0 Å². The third-order valence-corrected chi connectivity index (χ3v) is 7.23. The minimum absolute atomic E-state index is 0.150. The lowest BCUT2D eigenvalue weighted by molar-refractivity contribution is -0.123. The van der Waals surface area contributed by atoms with Crippen molar-refractivity contribution < 1.29 is 13.2 Å². The quantitative estimate of drug-likeness (QED) is 0.778. The molecule has 0 spiro atoms. The largest absolute Gasteiger partial charge is 0.352 e. The lowest BCUT2D eigenvalue weighted by Gasteiger charge is -2.21. The minimum Gasteiger partial charge on any atom is -0.352 e. The summed E-state index contributed by atoms with van der Waals surface area (Å²) in [5.74, 6) is -0.254.